The van der Waals surface area contributed by atoms with E-state index in [9.17, 15) is 0 Å². The van der Waals surface area contributed by atoms with Gasteiger partial charge in [0, 0.05) is 21.5 Å². The molecule has 1 nitrogen and oxygen atoms in total. The van der Waals surface area contributed by atoms with Gasteiger partial charge in [-0.2, -0.15) is 0 Å². The van der Waals surface area contributed by atoms with Crippen LogP contribution in [0, 0.1) is 0 Å². The summed E-state index contributed by atoms with van der Waals surface area (Å²) in [6, 6.07) is 63.3. The molecule has 8 aromatic carbocycles. The summed E-state index contributed by atoms with van der Waals surface area (Å²) in [5.74, 6) is 0. The summed E-state index contributed by atoms with van der Waals surface area (Å²) < 4.78 is 0. The molecule has 0 aliphatic heterocycles. The zero-order chi connectivity index (χ0) is 27.2. The van der Waals surface area contributed by atoms with Crippen molar-refractivity contribution in [1.82, 2.24) is 0 Å². The van der Waals surface area contributed by atoms with Crippen molar-refractivity contribution in [3.05, 3.63) is 170 Å². The normalized spacial score (nSPS) is 11.6. The maximum Gasteiger partial charge on any atom is 0.146 e. The fraction of sp³-hybridized carbons (Fsp3) is 0. The molecule has 0 aromatic heterocycles. The molecule has 0 atom stereocenters. The molecule has 1 N–H and O–H groups in total. The van der Waals surface area contributed by atoms with Crippen molar-refractivity contribution in [1.29, 1.82) is 0 Å². The first-order valence-electron chi connectivity index (χ1n) is 14.2. The lowest BCUT2D eigenvalue weighted by Gasteiger charge is -2.31. The predicted octanol–water partition coefficient (Wildman–Crippen LogP) is 8.74. The van der Waals surface area contributed by atoms with E-state index in [2.05, 4.69) is 170 Å². The molecule has 0 heterocycles. The number of fused-ring (bicyclic) bond motifs is 4. The predicted molar refractivity (Wildman–Crippen MR) is 183 cm³/mol. The van der Waals surface area contributed by atoms with Crippen LogP contribution < -0.4 is 21.2 Å². The summed E-state index contributed by atoms with van der Waals surface area (Å²) in [5.41, 5.74) is 0. The molecule has 0 bridgehead atoms. The largest absolute Gasteiger partial charge is 0.870 e. The van der Waals surface area contributed by atoms with Gasteiger partial charge < -0.3 is 5.48 Å². The fourth-order valence-electron chi connectivity index (χ4n) is 6.78. The van der Waals surface area contributed by atoms with E-state index in [1.807, 2.05) is 0 Å². The van der Waals surface area contributed by atoms with Gasteiger partial charge in [0.2, 0.25) is 0 Å². The third-order valence-corrected chi connectivity index (χ3v) is 13.0. The van der Waals surface area contributed by atoms with Crippen LogP contribution in [-0.2, 0) is 0 Å². The Morgan fingerprint density at radius 3 is 0.714 bits per heavy atom. The summed E-state index contributed by atoms with van der Waals surface area (Å²) in [6.45, 7) is 0. The Bertz CT molecular complexity index is 1890. The van der Waals surface area contributed by atoms with Gasteiger partial charge in [0.1, 0.15) is 28.5 Å². The summed E-state index contributed by atoms with van der Waals surface area (Å²) in [7, 11) is -2.49. The van der Waals surface area contributed by atoms with Gasteiger partial charge in [-0.05, 0) is 45.8 Å². The molecule has 0 aliphatic rings. The van der Waals surface area contributed by atoms with Crippen molar-refractivity contribution in [2.24, 2.45) is 0 Å². The molecule has 0 aliphatic carbocycles. The summed E-state index contributed by atoms with van der Waals surface area (Å²) in [5, 5.41) is 16.0. The average Bonchev–Trinajstić information content (AvgIpc) is 3.05. The molecule has 0 saturated carbocycles. The Morgan fingerprint density at radius 1 is 0.238 bits per heavy atom. The lowest BCUT2D eigenvalue weighted by atomic mass is 10.1. The zero-order valence-corrected chi connectivity index (χ0v) is 24.0. The van der Waals surface area contributed by atoms with E-state index in [1.54, 1.807) is 0 Å². The van der Waals surface area contributed by atoms with Crippen LogP contribution in [0.4, 0.5) is 0 Å². The van der Waals surface area contributed by atoms with Crippen molar-refractivity contribution >= 4 is 71.6 Å². The lowest BCUT2D eigenvalue weighted by molar-refractivity contribution is 0.824. The molecule has 0 radical (unpaired) electrons. The SMILES string of the molecule is [OH-].c1ccc2c([P+](c3cccc4ccccc34)(c3cccc4ccccc34)c3cccc4ccccc34)cccc2c1. The second-order valence-corrected chi connectivity index (χ2v) is 13.9. The van der Waals surface area contributed by atoms with E-state index < -0.39 is 7.26 Å². The van der Waals surface area contributed by atoms with E-state index >= 15 is 0 Å². The van der Waals surface area contributed by atoms with Crippen LogP contribution in [0.15, 0.2) is 170 Å². The van der Waals surface area contributed by atoms with E-state index in [-0.39, 0.29) is 5.48 Å². The van der Waals surface area contributed by atoms with E-state index in [0.29, 0.717) is 0 Å². The third-order valence-electron chi connectivity index (χ3n) is 8.51. The van der Waals surface area contributed by atoms with Crippen LogP contribution in [0.3, 0.4) is 0 Å². The van der Waals surface area contributed by atoms with Crippen molar-refractivity contribution in [2.45, 2.75) is 0 Å². The second kappa shape index (κ2) is 10.5. The minimum atomic E-state index is -2.49. The highest BCUT2D eigenvalue weighted by Gasteiger charge is 2.51. The van der Waals surface area contributed by atoms with Crippen LogP contribution >= 0.6 is 7.26 Å². The molecular formula is C40H29OP. The molecule has 200 valence electrons. The van der Waals surface area contributed by atoms with Gasteiger partial charge in [-0.15, -0.1) is 0 Å². The number of hydrogen-bond donors (Lipinski definition) is 0. The van der Waals surface area contributed by atoms with Gasteiger partial charge >= 0.3 is 0 Å². The molecule has 0 fully saturated rings. The highest BCUT2D eigenvalue weighted by atomic mass is 31.2. The maximum atomic E-state index is 2.40. The quantitative estimate of drug-likeness (QED) is 0.199. The molecular weight excluding hydrogens is 527 g/mol. The summed E-state index contributed by atoms with van der Waals surface area (Å²) >= 11 is 0. The van der Waals surface area contributed by atoms with Gasteiger partial charge in [-0.3, -0.25) is 0 Å². The molecule has 42 heavy (non-hydrogen) atoms. The second-order valence-electron chi connectivity index (χ2n) is 10.7. The fourth-order valence-corrected chi connectivity index (χ4v) is 11.8. The van der Waals surface area contributed by atoms with Gasteiger partial charge in [0.05, 0.1) is 0 Å². The standard InChI is InChI=1S/C40H28P.H2O/c1-5-21-33-29(13-1)17-9-25-37(33)41(38-26-10-18-30-14-2-6-22-34(30)38,39-27-11-19-31-15-3-7-23-35(31)39)40-28-12-20-32-16-4-8-24-36(32)40;/h1-28H;1H2/q+1;/p-1. The summed E-state index contributed by atoms with van der Waals surface area (Å²) in [6.07, 6.45) is 0. The number of benzene rings is 8. The van der Waals surface area contributed by atoms with Crippen LogP contribution in [0.5, 0.6) is 0 Å². The Kier molecular flexibility index (Phi) is 6.56. The van der Waals surface area contributed by atoms with Crippen LogP contribution in [0.1, 0.15) is 0 Å². The van der Waals surface area contributed by atoms with Crippen molar-refractivity contribution in [3.8, 4) is 0 Å². The Balaban J connectivity index is 0.00000288. The van der Waals surface area contributed by atoms with Gasteiger partial charge in [0.15, 0.2) is 0 Å². The van der Waals surface area contributed by atoms with Gasteiger partial charge in [0.25, 0.3) is 0 Å². The molecule has 2 heteroatoms. The lowest BCUT2D eigenvalue weighted by Crippen LogP contribution is -2.40. The van der Waals surface area contributed by atoms with Crippen molar-refractivity contribution in [2.75, 3.05) is 0 Å². The number of hydrogen-bond acceptors (Lipinski definition) is 1. The maximum absolute atomic E-state index is 2.49. The number of rotatable bonds is 4. The Hall–Kier alpha value is -4.81. The molecule has 0 spiro atoms. The smallest absolute Gasteiger partial charge is 0.146 e. The highest BCUT2D eigenvalue weighted by molar-refractivity contribution is 8.02. The monoisotopic (exact) mass is 556 g/mol. The van der Waals surface area contributed by atoms with Crippen LogP contribution in [0.25, 0.3) is 43.1 Å². The van der Waals surface area contributed by atoms with Crippen molar-refractivity contribution < 1.29 is 5.48 Å². The third kappa shape index (κ3) is 3.86. The molecule has 0 saturated heterocycles. The minimum Gasteiger partial charge on any atom is -0.870 e. The minimum absolute atomic E-state index is 0. The van der Waals surface area contributed by atoms with Gasteiger partial charge in [-0.25, -0.2) is 0 Å². The summed E-state index contributed by atoms with van der Waals surface area (Å²) in [4.78, 5) is 0. The van der Waals surface area contributed by atoms with E-state index in [0.717, 1.165) is 0 Å². The first-order chi connectivity index (χ1) is 20.4. The highest BCUT2D eigenvalue weighted by Crippen LogP contribution is 2.59. The van der Waals surface area contributed by atoms with E-state index in [1.165, 1.54) is 64.3 Å². The van der Waals surface area contributed by atoms with Crippen molar-refractivity contribution in [3.63, 3.8) is 0 Å². The Morgan fingerprint density at radius 2 is 0.452 bits per heavy atom. The first-order valence-corrected chi connectivity index (χ1v) is 16.0. The first kappa shape index (κ1) is 26.1. The molecule has 8 rings (SSSR count). The Labute approximate surface area is 246 Å². The average molecular weight is 557 g/mol. The zero-order valence-electron chi connectivity index (χ0n) is 23.1. The van der Waals surface area contributed by atoms with Crippen LogP contribution in [0.2, 0.25) is 0 Å². The van der Waals surface area contributed by atoms with Gasteiger partial charge in [-0.1, -0.05) is 146 Å². The molecule has 8 aromatic rings. The van der Waals surface area contributed by atoms with Crippen LogP contribution in [-0.4, -0.2) is 5.48 Å². The molecule has 0 unspecified atom stereocenters. The topological polar surface area (TPSA) is 30.0 Å². The molecule has 0 amide bonds. The van der Waals surface area contributed by atoms with E-state index in [4.69, 9.17) is 0 Å².